The third-order valence-corrected chi connectivity index (χ3v) is 3.48. The lowest BCUT2D eigenvalue weighted by Crippen LogP contribution is -2.27. The maximum absolute atomic E-state index is 11.1. The van der Waals surface area contributed by atoms with Gasteiger partial charge in [-0.25, -0.2) is 0 Å². The highest BCUT2D eigenvalue weighted by Crippen LogP contribution is 2.37. The van der Waals surface area contributed by atoms with Crippen molar-refractivity contribution in [2.45, 2.75) is 25.3 Å². The van der Waals surface area contributed by atoms with Crippen LogP contribution >= 0.6 is 11.6 Å². The number of halogens is 1. The van der Waals surface area contributed by atoms with E-state index in [0.717, 1.165) is 18.4 Å². The molecule has 2 aliphatic rings. The van der Waals surface area contributed by atoms with Crippen molar-refractivity contribution in [1.82, 2.24) is 0 Å². The van der Waals surface area contributed by atoms with E-state index < -0.39 is 0 Å². The van der Waals surface area contributed by atoms with Gasteiger partial charge in [-0.15, -0.1) is 0 Å². The van der Waals surface area contributed by atoms with Crippen LogP contribution in [0.1, 0.15) is 19.3 Å². The van der Waals surface area contributed by atoms with Crippen molar-refractivity contribution in [1.29, 1.82) is 0 Å². The highest BCUT2D eigenvalue weighted by molar-refractivity contribution is 6.30. The summed E-state index contributed by atoms with van der Waals surface area (Å²) in [4.78, 5) is 11.1. The summed E-state index contributed by atoms with van der Waals surface area (Å²) >= 11 is 5.96. The first-order chi connectivity index (χ1) is 8.28. The molecule has 0 spiro atoms. The number of anilines is 1. The highest BCUT2D eigenvalue weighted by atomic mass is 35.5. The van der Waals surface area contributed by atoms with Crippen LogP contribution in [0.15, 0.2) is 29.4 Å². The van der Waals surface area contributed by atoms with Gasteiger partial charge in [0.05, 0.1) is 5.69 Å². The van der Waals surface area contributed by atoms with Gasteiger partial charge in [-0.3, -0.25) is 5.01 Å². The molecule has 3 nitrogen and oxygen atoms in total. The molecule has 0 saturated heterocycles. The normalized spacial score (nSPS) is 23.7. The Morgan fingerprint density at radius 2 is 2.24 bits per heavy atom. The Kier molecular flexibility index (Phi) is 2.63. The van der Waals surface area contributed by atoms with Crippen molar-refractivity contribution in [3.8, 4) is 0 Å². The minimum absolute atomic E-state index is 0.163. The first-order valence-corrected chi connectivity index (χ1v) is 6.23. The average Bonchev–Trinajstić information content (AvgIpc) is 3.09. The summed E-state index contributed by atoms with van der Waals surface area (Å²) in [5, 5.41) is 7.04. The van der Waals surface area contributed by atoms with Crippen LogP contribution in [0.3, 0.4) is 0 Å². The molecule has 1 saturated carbocycles. The molecule has 1 aromatic rings. The van der Waals surface area contributed by atoms with E-state index in [1.165, 1.54) is 18.6 Å². The van der Waals surface area contributed by atoms with Gasteiger partial charge in [-0.2, -0.15) is 5.10 Å². The standard InChI is InChI=1S/C13H13ClN2O/c14-10-2-1-3-11(6-10)16-12(8-17)7-13(15-16)9-4-5-9/h1-3,6,8-9,12H,4-5,7H2. The number of aldehydes is 1. The fourth-order valence-corrected chi connectivity index (χ4v) is 2.38. The number of hydrazone groups is 1. The SMILES string of the molecule is O=CC1CC(C2CC2)=NN1c1cccc(Cl)c1. The number of nitrogens with zero attached hydrogens (tertiary/aromatic N) is 2. The molecular weight excluding hydrogens is 236 g/mol. The monoisotopic (exact) mass is 248 g/mol. The molecule has 0 radical (unpaired) electrons. The molecule has 17 heavy (non-hydrogen) atoms. The van der Waals surface area contributed by atoms with Gasteiger partial charge in [0.1, 0.15) is 12.3 Å². The van der Waals surface area contributed by atoms with Gasteiger partial charge >= 0.3 is 0 Å². The molecular formula is C13H13ClN2O. The van der Waals surface area contributed by atoms with E-state index in [-0.39, 0.29) is 6.04 Å². The minimum atomic E-state index is -0.163. The van der Waals surface area contributed by atoms with Crippen LogP contribution in [-0.4, -0.2) is 18.0 Å². The van der Waals surface area contributed by atoms with Crippen LogP contribution in [0, 0.1) is 5.92 Å². The second-order valence-corrected chi connectivity index (χ2v) is 5.03. The Bertz CT molecular complexity index is 482. The fraction of sp³-hybridized carbons (Fsp3) is 0.385. The predicted molar refractivity (Wildman–Crippen MR) is 68.6 cm³/mol. The Labute approximate surface area is 105 Å². The lowest BCUT2D eigenvalue weighted by molar-refractivity contribution is -0.108. The van der Waals surface area contributed by atoms with E-state index >= 15 is 0 Å². The maximum Gasteiger partial charge on any atom is 0.144 e. The van der Waals surface area contributed by atoms with Crippen LogP contribution in [-0.2, 0) is 4.79 Å². The zero-order valence-corrected chi connectivity index (χ0v) is 10.1. The van der Waals surface area contributed by atoms with Crippen molar-refractivity contribution >= 4 is 29.3 Å². The van der Waals surface area contributed by atoms with Gasteiger partial charge in [-0.05, 0) is 37.0 Å². The highest BCUT2D eigenvalue weighted by Gasteiger charge is 2.36. The summed E-state index contributed by atoms with van der Waals surface area (Å²) in [6, 6.07) is 7.32. The molecule has 1 aliphatic heterocycles. The topological polar surface area (TPSA) is 32.7 Å². The summed E-state index contributed by atoms with van der Waals surface area (Å²) in [5.74, 6) is 0.613. The minimum Gasteiger partial charge on any atom is -0.301 e. The van der Waals surface area contributed by atoms with Gasteiger partial charge in [0.25, 0.3) is 0 Å². The summed E-state index contributed by atoms with van der Waals surface area (Å²) in [6.07, 6.45) is 4.17. The zero-order chi connectivity index (χ0) is 11.8. The van der Waals surface area contributed by atoms with Gasteiger partial charge < -0.3 is 4.79 Å². The van der Waals surface area contributed by atoms with Crippen molar-refractivity contribution in [3.05, 3.63) is 29.3 Å². The quantitative estimate of drug-likeness (QED) is 0.771. The van der Waals surface area contributed by atoms with Crippen LogP contribution in [0.4, 0.5) is 5.69 Å². The lowest BCUT2D eigenvalue weighted by atomic mass is 10.1. The Balaban J connectivity index is 1.91. The van der Waals surface area contributed by atoms with E-state index in [0.29, 0.717) is 10.9 Å². The average molecular weight is 249 g/mol. The predicted octanol–water partition coefficient (Wildman–Crippen LogP) is 2.88. The third-order valence-electron chi connectivity index (χ3n) is 3.25. The van der Waals surface area contributed by atoms with Crippen molar-refractivity contribution in [2.75, 3.05) is 5.01 Å². The molecule has 1 fully saturated rings. The van der Waals surface area contributed by atoms with E-state index in [1.54, 1.807) is 5.01 Å². The molecule has 0 N–H and O–H groups in total. The third kappa shape index (κ3) is 2.07. The zero-order valence-electron chi connectivity index (χ0n) is 9.34. The van der Waals surface area contributed by atoms with Crippen molar-refractivity contribution < 1.29 is 4.79 Å². The number of hydrogen-bond donors (Lipinski definition) is 0. The Morgan fingerprint density at radius 3 is 2.88 bits per heavy atom. The van der Waals surface area contributed by atoms with E-state index in [2.05, 4.69) is 5.10 Å². The molecule has 0 amide bonds. The number of rotatable bonds is 3. The van der Waals surface area contributed by atoms with Crippen LogP contribution < -0.4 is 5.01 Å². The first kappa shape index (κ1) is 10.8. The fourth-order valence-electron chi connectivity index (χ4n) is 2.19. The molecule has 3 rings (SSSR count). The van der Waals surface area contributed by atoms with E-state index in [4.69, 9.17) is 11.6 Å². The summed E-state index contributed by atoms with van der Waals surface area (Å²) < 4.78 is 0. The molecule has 1 aromatic carbocycles. The molecule has 0 bridgehead atoms. The number of benzene rings is 1. The van der Waals surface area contributed by atoms with Crippen molar-refractivity contribution in [3.63, 3.8) is 0 Å². The molecule has 1 atom stereocenters. The molecule has 4 heteroatoms. The smallest absolute Gasteiger partial charge is 0.144 e. The molecule has 0 aromatic heterocycles. The summed E-state index contributed by atoms with van der Waals surface area (Å²) in [5.41, 5.74) is 2.06. The number of carbonyl (C=O) groups is 1. The maximum atomic E-state index is 11.1. The van der Waals surface area contributed by atoms with Crippen LogP contribution in [0.25, 0.3) is 0 Å². The molecule has 1 aliphatic carbocycles. The van der Waals surface area contributed by atoms with Gasteiger partial charge in [0.2, 0.25) is 0 Å². The molecule has 1 heterocycles. The van der Waals surface area contributed by atoms with E-state index in [9.17, 15) is 4.79 Å². The molecule has 1 unspecified atom stereocenters. The van der Waals surface area contributed by atoms with Gasteiger partial charge in [-0.1, -0.05) is 17.7 Å². The van der Waals surface area contributed by atoms with Crippen LogP contribution in [0.5, 0.6) is 0 Å². The van der Waals surface area contributed by atoms with Gasteiger partial charge in [0.15, 0.2) is 0 Å². The summed E-state index contributed by atoms with van der Waals surface area (Å²) in [6.45, 7) is 0. The Hall–Kier alpha value is -1.35. The summed E-state index contributed by atoms with van der Waals surface area (Å²) in [7, 11) is 0. The lowest BCUT2D eigenvalue weighted by Gasteiger charge is -2.18. The molecule has 88 valence electrons. The Morgan fingerprint density at radius 1 is 1.41 bits per heavy atom. The van der Waals surface area contributed by atoms with E-state index in [1.807, 2.05) is 24.3 Å². The largest absolute Gasteiger partial charge is 0.301 e. The second-order valence-electron chi connectivity index (χ2n) is 4.60. The number of carbonyl (C=O) groups excluding carboxylic acids is 1. The second kappa shape index (κ2) is 4.15. The van der Waals surface area contributed by atoms with Crippen molar-refractivity contribution in [2.24, 2.45) is 11.0 Å². The number of hydrogen-bond acceptors (Lipinski definition) is 3. The first-order valence-electron chi connectivity index (χ1n) is 5.85. The van der Waals surface area contributed by atoms with Gasteiger partial charge in [0, 0.05) is 17.2 Å². The van der Waals surface area contributed by atoms with Crippen LogP contribution in [0.2, 0.25) is 5.02 Å².